The van der Waals surface area contributed by atoms with E-state index in [-0.39, 0.29) is 23.1 Å². The molecular weight excluding hydrogens is 216 g/mol. The van der Waals surface area contributed by atoms with Gasteiger partial charge in [0.05, 0.1) is 5.54 Å². The third-order valence-corrected chi connectivity index (χ3v) is 3.48. The zero-order chi connectivity index (χ0) is 13.6. The summed E-state index contributed by atoms with van der Waals surface area (Å²) in [6, 6.07) is -0.0532. The van der Waals surface area contributed by atoms with E-state index in [0.717, 1.165) is 0 Å². The van der Waals surface area contributed by atoms with Gasteiger partial charge in [0.2, 0.25) is 0 Å². The summed E-state index contributed by atoms with van der Waals surface area (Å²) in [5, 5.41) is 0. The molecule has 0 aliphatic carbocycles. The SMILES string of the molecule is CC(C)(C)OC(=O)N1CC(C)(C)C(N)C1(C)C. The first-order valence-electron chi connectivity index (χ1n) is 6.14. The Morgan fingerprint density at radius 3 is 2.06 bits per heavy atom. The molecule has 0 spiro atoms. The molecule has 1 saturated heterocycles. The van der Waals surface area contributed by atoms with Crippen molar-refractivity contribution in [2.24, 2.45) is 11.1 Å². The molecule has 1 fully saturated rings. The molecule has 4 nitrogen and oxygen atoms in total. The second-order valence-corrected chi connectivity index (χ2v) is 7.19. The first-order valence-corrected chi connectivity index (χ1v) is 6.14. The van der Waals surface area contributed by atoms with Crippen molar-refractivity contribution in [2.45, 2.75) is 65.6 Å². The quantitative estimate of drug-likeness (QED) is 0.709. The Morgan fingerprint density at radius 2 is 1.76 bits per heavy atom. The Labute approximate surface area is 104 Å². The predicted octanol–water partition coefficient (Wildman–Crippen LogP) is 2.37. The lowest BCUT2D eigenvalue weighted by molar-refractivity contribution is 0.0116. The molecule has 4 heteroatoms. The van der Waals surface area contributed by atoms with Crippen molar-refractivity contribution >= 4 is 6.09 Å². The van der Waals surface area contributed by atoms with E-state index in [1.54, 1.807) is 4.90 Å². The topological polar surface area (TPSA) is 55.6 Å². The van der Waals surface area contributed by atoms with Crippen LogP contribution in [0.1, 0.15) is 48.5 Å². The lowest BCUT2D eigenvalue weighted by atomic mass is 9.80. The minimum Gasteiger partial charge on any atom is -0.444 e. The molecule has 1 heterocycles. The lowest BCUT2D eigenvalue weighted by Gasteiger charge is -2.36. The maximum atomic E-state index is 12.2. The smallest absolute Gasteiger partial charge is 0.410 e. The number of ether oxygens (including phenoxy) is 1. The van der Waals surface area contributed by atoms with E-state index in [4.69, 9.17) is 10.5 Å². The van der Waals surface area contributed by atoms with Crippen LogP contribution < -0.4 is 5.73 Å². The summed E-state index contributed by atoms with van der Waals surface area (Å²) < 4.78 is 5.43. The van der Waals surface area contributed by atoms with Crippen molar-refractivity contribution in [1.29, 1.82) is 0 Å². The Kier molecular flexibility index (Phi) is 3.25. The first-order chi connectivity index (χ1) is 7.38. The van der Waals surface area contributed by atoms with Crippen molar-refractivity contribution in [3.63, 3.8) is 0 Å². The zero-order valence-electron chi connectivity index (χ0n) is 12.1. The fraction of sp³-hybridized carbons (Fsp3) is 0.923. The Balaban J connectivity index is 2.90. The van der Waals surface area contributed by atoms with Crippen LogP contribution >= 0.6 is 0 Å². The molecule has 17 heavy (non-hydrogen) atoms. The molecule has 1 amide bonds. The minimum absolute atomic E-state index is 0.0532. The number of rotatable bonds is 0. The van der Waals surface area contributed by atoms with E-state index in [1.165, 1.54) is 0 Å². The van der Waals surface area contributed by atoms with E-state index >= 15 is 0 Å². The predicted molar refractivity (Wildman–Crippen MR) is 68.8 cm³/mol. The van der Waals surface area contributed by atoms with Crippen LogP contribution in [-0.2, 0) is 4.74 Å². The third-order valence-electron chi connectivity index (χ3n) is 3.48. The van der Waals surface area contributed by atoms with Crippen molar-refractivity contribution < 1.29 is 9.53 Å². The van der Waals surface area contributed by atoms with Crippen molar-refractivity contribution in [3.8, 4) is 0 Å². The Hall–Kier alpha value is -0.770. The highest BCUT2D eigenvalue weighted by Crippen LogP contribution is 2.40. The van der Waals surface area contributed by atoms with Gasteiger partial charge in [-0.3, -0.25) is 0 Å². The molecule has 0 saturated carbocycles. The molecule has 0 radical (unpaired) electrons. The largest absolute Gasteiger partial charge is 0.444 e. The summed E-state index contributed by atoms with van der Waals surface area (Å²) >= 11 is 0. The fourth-order valence-electron chi connectivity index (χ4n) is 2.45. The number of carbonyl (C=O) groups is 1. The highest BCUT2D eigenvalue weighted by molar-refractivity contribution is 5.70. The molecular formula is C13H26N2O2. The lowest BCUT2D eigenvalue weighted by Crippen LogP contribution is -2.53. The van der Waals surface area contributed by atoms with Gasteiger partial charge in [-0.1, -0.05) is 13.8 Å². The molecule has 0 aromatic rings. The van der Waals surface area contributed by atoms with Gasteiger partial charge in [0, 0.05) is 12.6 Å². The number of nitrogens with zero attached hydrogens (tertiary/aromatic N) is 1. The van der Waals surface area contributed by atoms with Crippen LogP contribution in [0.4, 0.5) is 4.79 Å². The average molecular weight is 242 g/mol. The van der Waals surface area contributed by atoms with Gasteiger partial charge in [0.1, 0.15) is 5.60 Å². The number of hydrogen-bond acceptors (Lipinski definition) is 3. The minimum atomic E-state index is -0.468. The van der Waals surface area contributed by atoms with Crippen LogP contribution in [-0.4, -0.2) is 34.7 Å². The highest BCUT2D eigenvalue weighted by Gasteiger charge is 2.53. The van der Waals surface area contributed by atoms with Gasteiger partial charge in [0.25, 0.3) is 0 Å². The normalized spacial score (nSPS) is 27.1. The summed E-state index contributed by atoms with van der Waals surface area (Å²) in [6.07, 6.45) is -0.275. The van der Waals surface area contributed by atoms with Crippen LogP contribution in [0.5, 0.6) is 0 Å². The Bertz CT molecular complexity index is 316. The Morgan fingerprint density at radius 1 is 1.29 bits per heavy atom. The van der Waals surface area contributed by atoms with Gasteiger partial charge in [0.15, 0.2) is 0 Å². The first kappa shape index (κ1) is 14.3. The van der Waals surface area contributed by atoms with Gasteiger partial charge in [-0.25, -0.2) is 4.79 Å². The van der Waals surface area contributed by atoms with Crippen molar-refractivity contribution in [3.05, 3.63) is 0 Å². The van der Waals surface area contributed by atoms with E-state index in [0.29, 0.717) is 6.54 Å². The fourth-order valence-corrected chi connectivity index (χ4v) is 2.45. The molecule has 1 aliphatic heterocycles. The third kappa shape index (κ3) is 2.73. The summed E-state index contributed by atoms with van der Waals surface area (Å²) in [5.41, 5.74) is 5.31. The molecule has 1 unspecified atom stereocenters. The molecule has 1 rings (SSSR count). The van der Waals surface area contributed by atoms with Gasteiger partial charge < -0.3 is 15.4 Å². The summed E-state index contributed by atoms with van der Waals surface area (Å²) in [6.45, 7) is 14.4. The van der Waals surface area contributed by atoms with Crippen LogP contribution in [0, 0.1) is 5.41 Å². The van der Waals surface area contributed by atoms with Crippen molar-refractivity contribution in [2.75, 3.05) is 6.54 Å². The number of hydrogen-bond donors (Lipinski definition) is 1. The molecule has 0 aromatic heterocycles. The van der Waals surface area contributed by atoms with E-state index in [1.807, 2.05) is 34.6 Å². The number of nitrogens with two attached hydrogens (primary N) is 1. The van der Waals surface area contributed by atoms with Crippen LogP contribution in [0.3, 0.4) is 0 Å². The van der Waals surface area contributed by atoms with Crippen molar-refractivity contribution in [1.82, 2.24) is 4.90 Å². The van der Waals surface area contributed by atoms with Crippen LogP contribution in [0.15, 0.2) is 0 Å². The summed E-state index contributed by atoms with van der Waals surface area (Å²) in [4.78, 5) is 13.9. The van der Waals surface area contributed by atoms with E-state index in [2.05, 4.69) is 13.8 Å². The monoisotopic (exact) mass is 242 g/mol. The molecule has 2 N–H and O–H groups in total. The molecule has 100 valence electrons. The summed E-state index contributed by atoms with van der Waals surface area (Å²) in [7, 11) is 0. The van der Waals surface area contributed by atoms with Gasteiger partial charge >= 0.3 is 6.09 Å². The van der Waals surface area contributed by atoms with Gasteiger partial charge in [-0.2, -0.15) is 0 Å². The van der Waals surface area contributed by atoms with Gasteiger partial charge in [-0.15, -0.1) is 0 Å². The second kappa shape index (κ2) is 3.87. The average Bonchev–Trinajstić information content (AvgIpc) is 2.23. The highest BCUT2D eigenvalue weighted by atomic mass is 16.6. The molecule has 1 aliphatic rings. The second-order valence-electron chi connectivity index (χ2n) is 7.19. The number of amides is 1. The standard InChI is InChI=1S/C13H26N2O2/c1-11(2,3)17-10(16)15-8-12(4,5)9(14)13(15,6)7/h9H,8,14H2,1-7H3. The number of carbonyl (C=O) groups excluding carboxylic acids is 1. The maximum absolute atomic E-state index is 12.2. The van der Waals surface area contributed by atoms with Gasteiger partial charge in [-0.05, 0) is 40.0 Å². The molecule has 0 bridgehead atoms. The number of likely N-dealkylation sites (tertiary alicyclic amines) is 1. The van der Waals surface area contributed by atoms with Crippen LogP contribution in [0.25, 0.3) is 0 Å². The van der Waals surface area contributed by atoms with E-state index in [9.17, 15) is 4.79 Å². The van der Waals surface area contributed by atoms with Crippen LogP contribution in [0.2, 0.25) is 0 Å². The zero-order valence-corrected chi connectivity index (χ0v) is 12.1. The molecule has 0 aromatic carbocycles. The maximum Gasteiger partial charge on any atom is 0.410 e. The molecule has 1 atom stereocenters. The summed E-state index contributed by atoms with van der Waals surface area (Å²) in [5.74, 6) is 0. The van der Waals surface area contributed by atoms with E-state index < -0.39 is 5.60 Å².